The van der Waals surface area contributed by atoms with Gasteiger partial charge in [-0.15, -0.1) is 0 Å². The summed E-state index contributed by atoms with van der Waals surface area (Å²) in [5, 5.41) is 11.8. The summed E-state index contributed by atoms with van der Waals surface area (Å²) in [5.74, 6) is -0.197. The summed E-state index contributed by atoms with van der Waals surface area (Å²) in [6.45, 7) is 1.83. The summed E-state index contributed by atoms with van der Waals surface area (Å²) in [7, 11) is 0. The van der Waals surface area contributed by atoms with Gasteiger partial charge in [0, 0.05) is 6.20 Å². The van der Waals surface area contributed by atoms with Gasteiger partial charge in [0.25, 0.3) is 0 Å². The lowest BCUT2D eigenvalue weighted by molar-refractivity contribution is -0.126. The van der Waals surface area contributed by atoms with E-state index in [1.165, 1.54) is 0 Å². The molecule has 0 spiro atoms. The first kappa shape index (κ1) is 10.6. The molecule has 1 N–H and O–H groups in total. The first-order valence-electron chi connectivity index (χ1n) is 5.32. The van der Waals surface area contributed by atoms with Crippen molar-refractivity contribution in [2.24, 2.45) is 5.41 Å². The molecule has 0 saturated heterocycles. The highest BCUT2D eigenvalue weighted by Crippen LogP contribution is 2.41. The number of nitriles is 1. The van der Waals surface area contributed by atoms with Gasteiger partial charge in [-0.3, -0.25) is 9.78 Å². The highest BCUT2D eigenvalue weighted by atomic mass is 16.2. The number of aromatic nitrogens is 1. The minimum absolute atomic E-state index is 0.197. The molecule has 4 nitrogen and oxygen atoms in total. The van der Waals surface area contributed by atoms with E-state index in [1.807, 2.05) is 6.92 Å². The number of amides is 1. The predicted molar refractivity (Wildman–Crippen MR) is 59.5 cm³/mol. The van der Waals surface area contributed by atoms with Crippen molar-refractivity contribution >= 4 is 11.6 Å². The van der Waals surface area contributed by atoms with Crippen LogP contribution in [0.25, 0.3) is 0 Å². The largest absolute Gasteiger partial charge is 0.323 e. The van der Waals surface area contributed by atoms with Gasteiger partial charge in [-0.2, -0.15) is 5.26 Å². The Hall–Kier alpha value is -1.89. The van der Waals surface area contributed by atoms with E-state index in [0.29, 0.717) is 18.5 Å². The van der Waals surface area contributed by atoms with E-state index in [1.54, 1.807) is 18.3 Å². The third kappa shape index (κ3) is 1.65. The first-order chi connectivity index (χ1) is 7.68. The molecule has 1 aliphatic carbocycles. The Bertz CT molecular complexity index is 458. The second-order valence-corrected chi connectivity index (χ2v) is 4.14. The van der Waals surface area contributed by atoms with Crippen LogP contribution in [0.3, 0.4) is 0 Å². The molecule has 2 rings (SSSR count). The van der Waals surface area contributed by atoms with Crippen LogP contribution in [0.4, 0.5) is 5.69 Å². The minimum atomic E-state index is -0.803. The highest BCUT2D eigenvalue weighted by molar-refractivity contribution is 5.98. The molecule has 1 amide bonds. The van der Waals surface area contributed by atoms with Crippen LogP contribution >= 0.6 is 0 Å². The van der Waals surface area contributed by atoms with E-state index in [2.05, 4.69) is 16.4 Å². The Morgan fingerprint density at radius 2 is 2.38 bits per heavy atom. The van der Waals surface area contributed by atoms with E-state index in [-0.39, 0.29) is 5.91 Å². The summed E-state index contributed by atoms with van der Waals surface area (Å²) in [5.41, 5.74) is 0.653. The summed E-state index contributed by atoms with van der Waals surface area (Å²) in [4.78, 5) is 16.0. The van der Waals surface area contributed by atoms with Gasteiger partial charge >= 0.3 is 0 Å². The minimum Gasteiger partial charge on any atom is -0.323 e. The standard InChI is InChI=1S/C12H13N3O/c1-9-10(4-2-7-14-9)15-11(16)12(8-13)5-3-6-12/h2,4,7H,3,5-6H2,1H3,(H,15,16). The number of hydrogen-bond donors (Lipinski definition) is 1. The summed E-state index contributed by atoms with van der Waals surface area (Å²) in [6, 6.07) is 5.68. The Morgan fingerprint density at radius 1 is 1.62 bits per heavy atom. The average molecular weight is 215 g/mol. The average Bonchev–Trinajstić information content (AvgIpc) is 2.21. The summed E-state index contributed by atoms with van der Waals surface area (Å²) >= 11 is 0. The predicted octanol–water partition coefficient (Wildman–Crippen LogP) is 2.02. The van der Waals surface area contributed by atoms with Crippen molar-refractivity contribution in [1.29, 1.82) is 5.26 Å². The molecule has 1 aliphatic rings. The molecule has 0 radical (unpaired) electrons. The lowest BCUT2D eigenvalue weighted by Gasteiger charge is -2.33. The molecule has 1 heterocycles. The van der Waals surface area contributed by atoms with Crippen molar-refractivity contribution in [2.45, 2.75) is 26.2 Å². The fourth-order valence-electron chi connectivity index (χ4n) is 1.78. The van der Waals surface area contributed by atoms with Crippen LogP contribution in [0.15, 0.2) is 18.3 Å². The molecule has 0 unspecified atom stereocenters. The van der Waals surface area contributed by atoms with Gasteiger partial charge in [-0.05, 0) is 38.3 Å². The fourth-order valence-corrected chi connectivity index (χ4v) is 1.78. The number of carbonyl (C=O) groups is 1. The first-order valence-corrected chi connectivity index (χ1v) is 5.32. The maximum Gasteiger partial charge on any atom is 0.244 e. The van der Waals surface area contributed by atoms with Crippen molar-refractivity contribution < 1.29 is 4.79 Å². The van der Waals surface area contributed by atoms with Crippen molar-refractivity contribution in [2.75, 3.05) is 5.32 Å². The van der Waals surface area contributed by atoms with Crippen LogP contribution in [0.1, 0.15) is 25.0 Å². The number of anilines is 1. The number of pyridine rings is 1. The van der Waals surface area contributed by atoms with Crippen molar-refractivity contribution in [3.63, 3.8) is 0 Å². The zero-order valence-corrected chi connectivity index (χ0v) is 9.16. The van der Waals surface area contributed by atoms with Crippen LogP contribution in [0.5, 0.6) is 0 Å². The van der Waals surface area contributed by atoms with Gasteiger partial charge < -0.3 is 5.32 Å². The maximum atomic E-state index is 11.9. The van der Waals surface area contributed by atoms with E-state index in [0.717, 1.165) is 12.1 Å². The Labute approximate surface area is 94.3 Å². The lowest BCUT2D eigenvalue weighted by Crippen LogP contribution is -2.40. The monoisotopic (exact) mass is 215 g/mol. The molecule has 0 aromatic carbocycles. The molecule has 4 heteroatoms. The van der Waals surface area contributed by atoms with Crippen LogP contribution in [-0.2, 0) is 4.79 Å². The van der Waals surface area contributed by atoms with Crippen molar-refractivity contribution in [3.8, 4) is 6.07 Å². The molecule has 1 saturated carbocycles. The van der Waals surface area contributed by atoms with Crippen LogP contribution in [-0.4, -0.2) is 10.9 Å². The number of nitrogens with zero attached hydrogens (tertiary/aromatic N) is 2. The van der Waals surface area contributed by atoms with E-state index in [9.17, 15) is 4.79 Å². The number of rotatable bonds is 2. The van der Waals surface area contributed by atoms with Crippen LogP contribution < -0.4 is 5.32 Å². The third-order valence-electron chi connectivity index (χ3n) is 3.11. The molecule has 0 aliphatic heterocycles. The second kappa shape index (κ2) is 3.93. The van der Waals surface area contributed by atoms with E-state index in [4.69, 9.17) is 5.26 Å². The fraction of sp³-hybridized carbons (Fsp3) is 0.417. The highest BCUT2D eigenvalue weighted by Gasteiger charge is 2.44. The van der Waals surface area contributed by atoms with Gasteiger partial charge in [0.2, 0.25) is 5.91 Å². The molecule has 1 fully saturated rings. The van der Waals surface area contributed by atoms with Gasteiger partial charge in [0.15, 0.2) is 0 Å². The van der Waals surface area contributed by atoms with Crippen molar-refractivity contribution in [1.82, 2.24) is 4.98 Å². The Morgan fingerprint density at radius 3 is 2.88 bits per heavy atom. The van der Waals surface area contributed by atoms with E-state index >= 15 is 0 Å². The van der Waals surface area contributed by atoms with Gasteiger partial charge in [-0.1, -0.05) is 0 Å². The molecule has 0 bridgehead atoms. The molecular formula is C12H13N3O. The van der Waals surface area contributed by atoms with E-state index < -0.39 is 5.41 Å². The molecule has 0 atom stereocenters. The Balaban J connectivity index is 2.14. The molecule has 16 heavy (non-hydrogen) atoms. The van der Waals surface area contributed by atoms with Gasteiger partial charge in [-0.25, -0.2) is 0 Å². The van der Waals surface area contributed by atoms with Crippen LogP contribution in [0.2, 0.25) is 0 Å². The topological polar surface area (TPSA) is 65.8 Å². The second-order valence-electron chi connectivity index (χ2n) is 4.14. The summed E-state index contributed by atoms with van der Waals surface area (Å²) in [6.07, 6.45) is 3.95. The van der Waals surface area contributed by atoms with Gasteiger partial charge in [0.05, 0.1) is 17.5 Å². The number of nitrogens with one attached hydrogen (secondary N) is 1. The summed E-state index contributed by atoms with van der Waals surface area (Å²) < 4.78 is 0. The van der Waals surface area contributed by atoms with Gasteiger partial charge in [0.1, 0.15) is 5.41 Å². The normalized spacial score (nSPS) is 17.0. The number of aryl methyl sites for hydroxylation is 1. The number of hydrogen-bond acceptors (Lipinski definition) is 3. The molecule has 82 valence electrons. The SMILES string of the molecule is Cc1ncccc1NC(=O)C1(C#N)CCC1. The Kier molecular flexibility index (Phi) is 2.61. The maximum absolute atomic E-state index is 11.9. The zero-order valence-electron chi connectivity index (χ0n) is 9.16. The third-order valence-corrected chi connectivity index (χ3v) is 3.11. The zero-order chi connectivity index (χ0) is 11.6. The quantitative estimate of drug-likeness (QED) is 0.820. The molecule has 1 aromatic rings. The van der Waals surface area contributed by atoms with Crippen molar-refractivity contribution in [3.05, 3.63) is 24.0 Å². The number of carbonyl (C=O) groups excluding carboxylic acids is 1. The molecule has 1 aromatic heterocycles. The smallest absolute Gasteiger partial charge is 0.244 e. The van der Waals surface area contributed by atoms with Crippen LogP contribution in [0, 0.1) is 23.7 Å². The lowest BCUT2D eigenvalue weighted by atomic mass is 9.69. The molecular weight excluding hydrogens is 202 g/mol.